The summed E-state index contributed by atoms with van der Waals surface area (Å²) in [5.41, 5.74) is 5.65. The molecule has 1 heteroatoms. The molecule has 1 aromatic carbocycles. The maximum absolute atomic E-state index is 3.52. The number of aryl methyl sites for hydroxylation is 3. The van der Waals surface area contributed by atoms with Crippen molar-refractivity contribution in [2.24, 2.45) is 0 Å². The van der Waals surface area contributed by atoms with Crippen LogP contribution in [0.5, 0.6) is 0 Å². The third-order valence-corrected chi connectivity index (χ3v) is 3.22. The van der Waals surface area contributed by atoms with Crippen LogP contribution in [-0.4, -0.2) is 6.54 Å². The van der Waals surface area contributed by atoms with Gasteiger partial charge in [0.2, 0.25) is 0 Å². The molecule has 0 bridgehead atoms. The van der Waals surface area contributed by atoms with Gasteiger partial charge in [-0.05, 0) is 56.0 Å². The highest BCUT2D eigenvalue weighted by atomic mass is 14.8. The summed E-state index contributed by atoms with van der Waals surface area (Å²) in [7, 11) is 0. The van der Waals surface area contributed by atoms with E-state index < -0.39 is 0 Å². The molecule has 0 atom stereocenters. The minimum absolute atomic E-state index is 1.01. The zero-order valence-corrected chi connectivity index (χ0v) is 11.2. The molecule has 0 saturated carbocycles. The number of benzene rings is 1. The minimum Gasteiger partial charge on any atom is -0.313 e. The molecule has 0 amide bonds. The van der Waals surface area contributed by atoms with Crippen molar-refractivity contribution >= 4 is 0 Å². The fraction of sp³-hybridized carbons (Fsp3) is 0.600. The van der Waals surface area contributed by atoms with Crippen molar-refractivity contribution < 1.29 is 0 Å². The van der Waals surface area contributed by atoms with E-state index in [-0.39, 0.29) is 0 Å². The van der Waals surface area contributed by atoms with Crippen LogP contribution in [0.2, 0.25) is 0 Å². The Labute approximate surface area is 100 Å². The summed E-state index contributed by atoms with van der Waals surface area (Å²) >= 11 is 0. The number of nitrogens with one attached hydrogen (secondary N) is 1. The Balaban J connectivity index is 2.45. The zero-order chi connectivity index (χ0) is 12.0. The van der Waals surface area contributed by atoms with Crippen LogP contribution in [0, 0.1) is 20.8 Å². The highest BCUT2D eigenvalue weighted by molar-refractivity contribution is 5.36. The molecular formula is C15H25N. The van der Waals surface area contributed by atoms with Crippen molar-refractivity contribution in [2.75, 3.05) is 6.54 Å². The molecule has 0 unspecified atom stereocenters. The Hall–Kier alpha value is -0.820. The highest BCUT2D eigenvalue weighted by Gasteiger charge is 2.01. The van der Waals surface area contributed by atoms with E-state index in [9.17, 15) is 0 Å². The molecule has 90 valence electrons. The molecule has 0 aliphatic rings. The smallest absolute Gasteiger partial charge is 0.0208 e. The molecule has 0 saturated heterocycles. The molecule has 1 nitrogen and oxygen atoms in total. The molecule has 0 spiro atoms. The van der Waals surface area contributed by atoms with Crippen LogP contribution < -0.4 is 5.32 Å². The molecular weight excluding hydrogens is 194 g/mol. The van der Waals surface area contributed by atoms with Gasteiger partial charge in [-0.2, -0.15) is 0 Å². The van der Waals surface area contributed by atoms with Gasteiger partial charge < -0.3 is 5.32 Å². The molecule has 0 fully saturated rings. The molecule has 1 rings (SSSR count). The summed E-state index contributed by atoms with van der Waals surface area (Å²) in [6, 6.07) is 4.61. The Bertz CT molecular complexity index is 328. The van der Waals surface area contributed by atoms with E-state index in [0.717, 1.165) is 13.1 Å². The second kappa shape index (κ2) is 6.70. The molecule has 16 heavy (non-hydrogen) atoms. The lowest BCUT2D eigenvalue weighted by atomic mass is 10.0. The van der Waals surface area contributed by atoms with E-state index in [1.807, 2.05) is 0 Å². The van der Waals surface area contributed by atoms with Crippen LogP contribution in [0.1, 0.15) is 48.4 Å². The Morgan fingerprint density at radius 3 is 2.31 bits per heavy atom. The molecule has 1 N–H and O–H groups in total. The number of rotatable bonds is 6. The maximum Gasteiger partial charge on any atom is 0.0208 e. The normalized spacial score (nSPS) is 10.8. The second-order valence-electron chi connectivity index (χ2n) is 4.75. The molecule has 1 aromatic rings. The van der Waals surface area contributed by atoms with Gasteiger partial charge in [-0.25, -0.2) is 0 Å². The van der Waals surface area contributed by atoms with E-state index >= 15 is 0 Å². The van der Waals surface area contributed by atoms with Crippen LogP contribution in [-0.2, 0) is 6.54 Å². The predicted octanol–water partition coefficient (Wildman–Crippen LogP) is 3.89. The number of unbranched alkanes of at least 4 members (excludes halogenated alkanes) is 2. The SMILES string of the molecule is CCCCCNCc1cc(C)c(C)cc1C. The fourth-order valence-corrected chi connectivity index (χ4v) is 1.93. The van der Waals surface area contributed by atoms with Crippen molar-refractivity contribution in [1.29, 1.82) is 0 Å². The van der Waals surface area contributed by atoms with Gasteiger partial charge in [0.15, 0.2) is 0 Å². The van der Waals surface area contributed by atoms with Gasteiger partial charge in [-0.1, -0.05) is 31.9 Å². The van der Waals surface area contributed by atoms with Crippen LogP contribution >= 0.6 is 0 Å². The fourth-order valence-electron chi connectivity index (χ4n) is 1.93. The first-order chi connectivity index (χ1) is 7.65. The highest BCUT2D eigenvalue weighted by Crippen LogP contribution is 2.15. The number of hydrogen-bond donors (Lipinski definition) is 1. The lowest BCUT2D eigenvalue weighted by Gasteiger charge is -2.10. The van der Waals surface area contributed by atoms with Gasteiger partial charge in [0.05, 0.1) is 0 Å². The lowest BCUT2D eigenvalue weighted by Crippen LogP contribution is -2.15. The van der Waals surface area contributed by atoms with Gasteiger partial charge in [0.25, 0.3) is 0 Å². The quantitative estimate of drug-likeness (QED) is 0.716. The molecule has 0 radical (unpaired) electrons. The van der Waals surface area contributed by atoms with E-state index in [0.29, 0.717) is 0 Å². The van der Waals surface area contributed by atoms with Gasteiger partial charge in [-0.15, -0.1) is 0 Å². The van der Waals surface area contributed by atoms with Crippen molar-refractivity contribution in [2.45, 2.75) is 53.5 Å². The Morgan fingerprint density at radius 1 is 0.938 bits per heavy atom. The largest absolute Gasteiger partial charge is 0.313 e. The van der Waals surface area contributed by atoms with Gasteiger partial charge in [0.1, 0.15) is 0 Å². The first kappa shape index (κ1) is 13.2. The third kappa shape index (κ3) is 3.97. The Morgan fingerprint density at radius 2 is 1.62 bits per heavy atom. The summed E-state index contributed by atoms with van der Waals surface area (Å²) < 4.78 is 0. The van der Waals surface area contributed by atoms with E-state index in [1.54, 1.807) is 0 Å². The summed E-state index contributed by atoms with van der Waals surface area (Å²) in [5.74, 6) is 0. The minimum atomic E-state index is 1.01. The third-order valence-electron chi connectivity index (χ3n) is 3.22. The van der Waals surface area contributed by atoms with Crippen LogP contribution in [0.3, 0.4) is 0 Å². The van der Waals surface area contributed by atoms with Crippen LogP contribution in [0.4, 0.5) is 0 Å². The van der Waals surface area contributed by atoms with E-state index in [2.05, 4.69) is 45.1 Å². The van der Waals surface area contributed by atoms with Crippen molar-refractivity contribution in [3.05, 3.63) is 34.4 Å². The maximum atomic E-state index is 3.52. The summed E-state index contributed by atoms with van der Waals surface area (Å²) in [6.45, 7) is 11.0. The molecule has 0 aliphatic carbocycles. The van der Waals surface area contributed by atoms with Crippen LogP contribution in [0.25, 0.3) is 0 Å². The van der Waals surface area contributed by atoms with E-state index in [1.165, 1.54) is 41.5 Å². The van der Waals surface area contributed by atoms with Crippen molar-refractivity contribution in [3.63, 3.8) is 0 Å². The monoisotopic (exact) mass is 219 g/mol. The topological polar surface area (TPSA) is 12.0 Å². The standard InChI is InChI=1S/C15H25N/c1-5-6-7-8-16-11-15-10-13(3)12(2)9-14(15)4/h9-10,16H,5-8,11H2,1-4H3. The Kier molecular flexibility index (Phi) is 5.54. The predicted molar refractivity (Wildman–Crippen MR) is 71.9 cm³/mol. The van der Waals surface area contributed by atoms with E-state index in [4.69, 9.17) is 0 Å². The first-order valence-electron chi connectivity index (χ1n) is 6.42. The average Bonchev–Trinajstić information content (AvgIpc) is 2.25. The number of hydrogen-bond acceptors (Lipinski definition) is 1. The lowest BCUT2D eigenvalue weighted by molar-refractivity contribution is 0.615. The first-order valence-corrected chi connectivity index (χ1v) is 6.42. The zero-order valence-electron chi connectivity index (χ0n) is 11.2. The molecule has 0 heterocycles. The summed E-state index contributed by atoms with van der Waals surface area (Å²) in [5, 5.41) is 3.52. The summed E-state index contributed by atoms with van der Waals surface area (Å²) in [6.07, 6.45) is 3.92. The van der Waals surface area contributed by atoms with Crippen molar-refractivity contribution in [3.8, 4) is 0 Å². The van der Waals surface area contributed by atoms with Crippen LogP contribution in [0.15, 0.2) is 12.1 Å². The molecule has 0 aliphatic heterocycles. The molecule has 0 aromatic heterocycles. The van der Waals surface area contributed by atoms with Gasteiger partial charge >= 0.3 is 0 Å². The second-order valence-corrected chi connectivity index (χ2v) is 4.75. The van der Waals surface area contributed by atoms with Gasteiger partial charge in [-0.3, -0.25) is 0 Å². The van der Waals surface area contributed by atoms with Gasteiger partial charge in [0, 0.05) is 6.54 Å². The van der Waals surface area contributed by atoms with Crippen molar-refractivity contribution in [1.82, 2.24) is 5.32 Å². The summed E-state index contributed by atoms with van der Waals surface area (Å²) in [4.78, 5) is 0. The average molecular weight is 219 g/mol.